The van der Waals surface area contributed by atoms with Crippen LogP contribution in [0.15, 0.2) is 23.1 Å². The summed E-state index contributed by atoms with van der Waals surface area (Å²) < 4.78 is 49.8. The molecule has 15 heteroatoms. The summed E-state index contributed by atoms with van der Waals surface area (Å²) in [5, 5.41) is 25.4. The van der Waals surface area contributed by atoms with E-state index in [1.165, 1.54) is 29.1 Å². The van der Waals surface area contributed by atoms with Crippen LogP contribution >= 0.6 is 11.8 Å². The summed E-state index contributed by atoms with van der Waals surface area (Å²) in [5.41, 5.74) is 2.13. The number of rotatable bonds is 11. The van der Waals surface area contributed by atoms with Gasteiger partial charge in [0.25, 0.3) is 0 Å². The fourth-order valence-electron chi connectivity index (χ4n) is 7.62. The summed E-state index contributed by atoms with van der Waals surface area (Å²) in [6.07, 6.45) is -0.602. The Kier molecular flexibility index (Phi) is 12.3. The number of aromatic nitrogens is 2. The van der Waals surface area contributed by atoms with Crippen LogP contribution in [0.3, 0.4) is 0 Å². The summed E-state index contributed by atoms with van der Waals surface area (Å²) in [4.78, 5) is 32.7. The van der Waals surface area contributed by atoms with E-state index in [-0.39, 0.29) is 29.8 Å². The lowest BCUT2D eigenvalue weighted by molar-refractivity contribution is -0.139. The van der Waals surface area contributed by atoms with Crippen molar-refractivity contribution in [3.8, 4) is 11.3 Å². The van der Waals surface area contributed by atoms with E-state index in [1.807, 2.05) is 4.68 Å². The maximum Gasteiger partial charge on any atom is 0.417 e. The lowest BCUT2D eigenvalue weighted by atomic mass is 9.92. The molecule has 1 atom stereocenters. The molecule has 0 saturated carbocycles. The molecule has 276 valence electrons. The fourth-order valence-corrected chi connectivity index (χ4v) is 8.74. The second-order valence-electron chi connectivity index (χ2n) is 14.0. The van der Waals surface area contributed by atoms with Gasteiger partial charge in [0.05, 0.1) is 37.1 Å². The number of ether oxygens (including phenoxy) is 1. The molecule has 5 heterocycles. The van der Waals surface area contributed by atoms with Gasteiger partial charge in [0.2, 0.25) is 5.91 Å². The molecule has 0 spiro atoms. The first-order chi connectivity index (χ1) is 24.0. The van der Waals surface area contributed by atoms with Gasteiger partial charge in [-0.1, -0.05) is 12.5 Å². The van der Waals surface area contributed by atoms with Crippen molar-refractivity contribution in [3.63, 3.8) is 0 Å². The molecule has 0 radical (unpaired) electrons. The van der Waals surface area contributed by atoms with E-state index in [9.17, 15) is 33.0 Å². The summed E-state index contributed by atoms with van der Waals surface area (Å²) in [5.74, 6) is 0.578. The van der Waals surface area contributed by atoms with Gasteiger partial charge in [0.15, 0.2) is 0 Å². The molecule has 50 heavy (non-hydrogen) atoms. The number of piperidine rings is 2. The Hall–Kier alpha value is -2.85. The van der Waals surface area contributed by atoms with Gasteiger partial charge in [-0.25, -0.2) is 4.79 Å². The quantitative estimate of drug-likeness (QED) is 0.324. The number of alkyl halides is 3. The fraction of sp³-hybridized carbons (Fsp3) is 0.686. The summed E-state index contributed by atoms with van der Waals surface area (Å²) in [7, 11) is 0. The number of carbonyl (C=O) groups is 2. The molecule has 4 aliphatic heterocycles. The number of morpholine rings is 1. The van der Waals surface area contributed by atoms with Crippen molar-refractivity contribution in [2.24, 2.45) is 5.92 Å². The number of hydrogen-bond acceptors (Lipinski definition) is 8. The van der Waals surface area contributed by atoms with Crippen LogP contribution in [0.1, 0.15) is 55.3 Å². The van der Waals surface area contributed by atoms with E-state index >= 15 is 0 Å². The second kappa shape index (κ2) is 16.7. The highest BCUT2D eigenvalue weighted by atomic mass is 32.2. The maximum atomic E-state index is 14.2. The number of carboxylic acid groups (broad SMARTS) is 1. The third kappa shape index (κ3) is 9.32. The van der Waals surface area contributed by atoms with Gasteiger partial charge >= 0.3 is 12.3 Å². The molecule has 1 aromatic carbocycles. The van der Waals surface area contributed by atoms with E-state index in [0.29, 0.717) is 88.6 Å². The molecular weight excluding hydrogens is 673 g/mol. The largest absolute Gasteiger partial charge is 0.465 e. The molecule has 3 fully saturated rings. The number of β-amino-alcohol motifs (C(OH)–C–C–N with tert-alkyl or cyclic N) is 1. The van der Waals surface area contributed by atoms with Gasteiger partial charge < -0.3 is 29.6 Å². The zero-order valence-electron chi connectivity index (χ0n) is 28.6. The van der Waals surface area contributed by atoms with Gasteiger partial charge in [-0.2, -0.15) is 18.3 Å². The topological polar surface area (TPSA) is 115 Å². The predicted octanol–water partition coefficient (Wildman–Crippen LogP) is 4.50. The molecule has 2 N–H and O–H groups in total. The zero-order valence-corrected chi connectivity index (χ0v) is 29.4. The van der Waals surface area contributed by atoms with E-state index in [4.69, 9.17) is 9.84 Å². The summed E-state index contributed by atoms with van der Waals surface area (Å²) in [6.45, 7) is 7.68. The number of fused-ring (bicyclic) bond motifs is 1. The Morgan fingerprint density at radius 2 is 1.70 bits per heavy atom. The predicted molar refractivity (Wildman–Crippen MR) is 183 cm³/mol. The molecule has 1 aromatic heterocycles. The van der Waals surface area contributed by atoms with Crippen molar-refractivity contribution < 1.29 is 37.7 Å². The Morgan fingerprint density at radius 1 is 0.960 bits per heavy atom. The Bertz CT molecular complexity index is 1470. The minimum atomic E-state index is -4.51. The molecule has 0 bridgehead atoms. The van der Waals surface area contributed by atoms with Gasteiger partial charge in [0, 0.05) is 92.7 Å². The van der Waals surface area contributed by atoms with E-state index in [1.54, 1.807) is 11.0 Å². The van der Waals surface area contributed by atoms with Gasteiger partial charge in [-0.05, 0) is 56.8 Å². The third-order valence-corrected chi connectivity index (χ3v) is 11.5. The first kappa shape index (κ1) is 36.9. The lowest BCUT2D eigenvalue weighted by Gasteiger charge is -2.33. The number of carbonyl (C=O) groups excluding carboxylic acids is 1. The molecule has 6 rings (SSSR count). The number of thioether (sulfide) groups is 1. The van der Waals surface area contributed by atoms with Crippen LogP contribution in [0.5, 0.6) is 0 Å². The molecule has 2 aromatic rings. The van der Waals surface area contributed by atoms with Crippen LogP contribution in [0.2, 0.25) is 0 Å². The monoisotopic (exact) mass is 722 g/mol. The molecule has 1 unspecified atom stereocenters. The SMILES string of the molecule is O=C(O)N1CCC(CC(=O)N2CCc3c(c(-c4ccc(C(F)(F)F)c(SCCN5CCOCC5)c4)nn3CC(O)CN3CCCCC3)C2)CC1. The lowest BCUT2D eigenvalue weighted by Crippen LogP contribution is -2.41. The number of aliphatic hydroxyl groups excluding tert-OH is 1. The van der Waals surface area contributed by atoms with Gasteiger partial charge in [0.1, 0.15) is 0 Å². The van der Waals surface area contributed by atoms with Crippen molar-refractivity contribution >= 4 is 23.8 Å². The van der Waals surface area contributed by atoms with Crippen molar-refractivity contribution in [2.45, 2.75) is 75.2 Å². The Morgan fingerprint density at radius 3 is 2.40 bits per heavy atom. The van der Waals surface area contributed by atoms with Crippen LogP contribution in [-0.2, 0) is 35.2 Å². The van der Waals surface area contributed by atoms with Crippen molar-refractivity contribution in [1.29, 1.82) is 0 Å². The number of aliphatic hydroxyl groups is 1. The second-order valence-corrected chi connectivity index (χ2v) is 15.1. The van der Waals surface area contributed by atoms with Crippen molar-refractivity contribution in [2.75, 3.05) is 77.9 Å². The number of likely N-dealkylation sites (tertiary alicyclic amines) is 2. The molecule has 0 aliphatic carbocycles. The van der Waals surface area contributed by atoms with E-state index in [0.717, 1.165) is 56.3 Å². The molecule has 3 saturated heterocycles. The average Bonchev–Trinajstić information content (AvgIpc) is 3.46. The zero-order chi connectivity index (χ0) is 35.3. The molecule has 11 nitrogen and oxygen atoms in total. The molecule has 2 amide bonds. The van der Waals surface area contributed by atoms with Crippen LogP contribution in [0, 0.1) is 5.92 Å². The van der Waals surface area contributed by atoms with Crippen LogP contribution in [0.4, 0.5) is 18.0 Å². The van der Waals surface area contributed by atoms with Gasteiger partial charge in [-0.3, -0.25) is 14.4 Å². The van der Waals surface area contributed by atoms with Crippen molar-refractivity contribution in [1.82, 2.24) is 29.4 Å². The van der Waals surface area contributed by atoms with Crippen molar-refractivity contribution in [3.05, 3.63) is 35.0 Å². The van der Waals surface area contributed by atoms with Crippen LogP contribution in [0.25, 0.3) is 11.3 Å². The standard InChI is InChI=1S/C35H49F3N6O5S/c36-35(37,38)29-5-4-26(21-31(29)50-19-16-40-14-17-49-18-15-40)33-28-24-43(32(46)20-25-6-11-42(12-7-25)34(47)48)13-8-30(28)44(39-33)23-27(45)22-41-9-2-1-3-10-41/h4-5,21,25,27,45H,1-3,6-20,22-24H2,(H,47,48). The number of hydrogen-bond donors (Lipinski definition) is 2. The number of halogens is 3. The summed E-state index contributed by atoms with van der Waals surface area (Å²) in [6, 6.07) is 4.20. The highest BCUT2D eigenvalue weighted by Crippen LogP contribution is 2.40. The number of nitrogens with zero attached hydrogens (tertiary/aromatic N) is 6. The van der Waals surface area contributed by atoms with Crippen LogP contribution < -0.4 is 0 Å². The summed E-state index contributed by atoms with van der Waals surface area (Å²) >= 11 is 1.19. The van der Waals surface area contributed by atoms with Crippen LogP contribution in [-0.4, -0.2) is 136 Å². The highest BCUT2D eigenvalue weighted by Gasteiger charge is 2.35. The first-order valence-electron chi connectivity index (χ1n) is 17.9. The Balaban J connectivity index is 1.24. The molecule has 4 aliphatic rings. The third-order valence-electron chi connectivity index (χ3n) is 10.5. The highest BCUT2D eigenvalue weighted by molar-refractivity contribution is 7.99. The first-order valence-corrected chi connectivity index (χ1v) is 18.9. The van der Waals surface area contributed by atoms with Gasteiger partial charge in [-0.15, -0.1) is 11.8 Å². The molecular formula is C35H49F3N6O5S. The maximum absolute atomic E-state index is 14.2. The number of amides is 2. The van der Waals surface area contributed by atoms with E-state index < -0.39 is 23.9 Å². The smallest absolute Gasteiger partial charge is 0.417 e. The minimum absolute atomic E-state index is 0.0139. The minimum Gasteiger partial charge on any atom is -0.465 e. The Labute approximate surface area is 295 Å². The average molecular weight is 723 g/mol. The normalized spacial score (nSPS) is 20.6. The van der Waals surface area contributed by atoms with E-state index in [2.05, 4.69) is 9.80 Å². The number of benzene rings is 1.